The molecule has 44 heavy (non-hydrogen) atoms. The van der Waals surface area contributed by atoms with Crippen molar-refractivity contribution in [3.63, 3.8) is 0 Å². The number of fused-ring (bicyclic) bond motifs is 2. The van der Waals surface area contributed by atoms with Crippen molar-refractivity contribution in [1.82, 2.24) is 9.80 Å². The predicted molar refractivity (Wildman–Crippen MR) is 187 cm³/mol. The van der Waals surface area contributed by atoms with Gasteiger partial charge >= 0.3 is 0 Å². The number of amides is 3. The summed E-state index contributed by atoms with van der Waals surface area (Å²) < 4.78 is 0. The van der Waals surface area contributed by atoms with Gasteiger partial charge in [-0.15, -0.1) is 0 Å². The van der Waals surface area contributed by atoms with Gasteiger partial charge in [0.2, 0.25) is 17.7 Å². The molecule has 6 nitrogen and oxygen atoms in total. The SMILES string of the molecule is CC.CC.CC(C)C.NC(=O)C(Cc1ccc2ccccc2c1)N1CCCN(C(=O)Cc2ccc3ccccc3c2)CC1=O.[HH]. The standard InChI is InChI=1S/C30H29N3O3.C4H10.2C2H6.H2/c31-30(36)27(18-21-10-12-23-6-1-3-8-25(23)16-21)33-15-5-14-32(20-29(33)35)28(34)19-22-11-13-24-7-2-4-9-26(24)17-22;1-4(2)3;2*1-2;/h1-4,6-13,16-17,27H,5,14-15,18-20H2,(H2,31,36);4H,1-3H3;2*1-2H3;1H. The van der Waals surface area contributed by atoms with Crippen LogP contribution in [0.2, 0.25) is 0 Å². The maximum atomic E-state index is 13.2. The molecule has 4 aromatic rings. The Hall–Kier alpha value is -4.19. The molecule has 3 amide bonds. The summed E-state index contributed by atoms with van der Waals surface area (Å²) in [7, 11) is 0. The van der Waals surface area contributed by atoms with Crippen molar-refractivity contribution in [2.45, 2.75) is 73.8 Å². The van der Waals surface area contributed by atoms with Gasteiger partial charge in [0, 0.05) is 20.9 Å². The van der Waals surface area contributed by atoms with Gasteiger partial charge in [-0.25, -0.2) is 0 Å². The van der Waals surface area contributed by atoms with Crippen LogP contribution in [0.5, 0.6) is 0 Å². The van der Waals surface area contributed by atoms with E-state index in [0.717, 1.165) is 38.6 Å². The topological polar surface area (TPSA) is 83.7 Å². The maximum Gasteiger partial charge on any atom is 0.242 e. The van der Waals surface area contributed by atoms with Crippen LogP contribution in [0.15, 0.2) is 84.9 Å². The Morgan fingerprint density at radius 3 is 1.75 bits per heavy atom. The highest BCUT2D eigenvalue weighted by Crippen LogP contribution is 2.20. The molecule has 0 bridgehead atoms. The first kappa shape index (κ1) is 36.0. The van der Waals surface area contributed by atoms with Crippen LogP contribution >= 0.6 is 0 Å². The smallest absolute Gasteiger partial charge is 0.242 e. The molecule has 4 aromatic carbocycles. The van der Waals surface area contributed by atoms with Gasteiger partial charge in [-0.3, -0.25) is 14.4 Å². The zero-order valence-electron chi connectivity index (χ0n) is 27.7. The normalized spacial score (nSPS) is 13.5. The van der Waals surface area contributed by atoms with E-state index in [0.29, 0.717) is 25.9 Å². The van der Waals surface area contributed by atoms with Gasteiger partial charge in [-0.1, -0.05) is 133 Å². The summed E-state index contributed by atoms with van der Waals surface area (Å²) in [5, 5.41) is 4.39. The van der Waals surface area contributed by atoms with E-state index in [9.17, 15) is 14.4 Å². The number of carbonyl (C=O) groups excluding carboxylic acids is 3. The average Bonchev–Trinajstić information content (AvgIpc) is 3.22. The monoisotopic (exact) mass is 599 g/mol. The highest BCUT2D eigenvalue weighted by Gasteiger charge is 2.32. The maximum absolute atomic E-state index is 13.2. The number of rotatable bonds is 6. The fraction of sp³-hybridized carbons (Fsp3) is 0.395. The molecule has 1 unspecified atom stereocenters. The Kier molecular flexibility index (Phi) is 15.1. The molecular formula is C38H53N3O3. The molecule has 2 N–H and O–H groups in total. The van der Waals surface area contributed by atoms with Crippen LogP contribution in [-0.4, -0.2) is 53.2 Å². The lowest BCUT2D eigenvalue weighted by molar-refractivity contribution is -0.142. The molecule has 1 heterocycles. The predicted octanol–water partition coefficient (Wildman–Crippen LogP) is 7.65. The third kappa shape index (κ3) is 10.5. The molecule has 1 saturated heterocycles. The van der Waals surface area contributed by atoms with E-state index in [1.54, 1.807) is 9.80 Å². The van der Waals surface area contributed by atoms with Crippen molar-refractivity contribution >= 4 is 39.3 Å². The van der Waals surface area contributed by atoms with Crippen molar-refractivity contribution < 1.29 is 15.8 Å². The van der Waals surface area contributed by atoms with Crippen LogP contribution in [0.25, 0.3) is 21.5 Å². The van der Waals surface area contributed by atoms with Crippen LogP contribution in [0.1, 0.15) is 67.4 Å². The van der Waals surface area contributed by atoms with Gasteiger partial charge < -0.3 is 15.5 Å². The van der Waals surface area contributed by atoms with E-state index in [1.165, 1.54) is 0 Å². The van der Waals surface area contributed by atoms with Crippen molar-refractivity contribution in [3.8, 4) is 0 Å². The number of primary amides is 1. The molecule has 0 saturated carbocycles. The van der Waals surface area contributed by atoms with Crippen molar-refractivity contribution in [3.05, 3.63) is 96.1 Å². The van der Waals surface area contributed by atoms with E-state index in [4.69, 9.17) is 5.73 Å². The third-order valence-corrected chi connectivity index (χ3v) is 6.94. The van der Waals surface area contributed by atoms with E-state index in [2.05, 4.69) is 20.8 Å². The second-order valence-corrected chi connectivity index (χ2v) is 11.2. The molecule has 6 heteroatoms. The van der Waals surface area contributed by atoms with Gasteiger partial charge in [-0.2, -0.15) is 0 Å². The number of hydrogen-bond acceptors (Lipinski definition) is 3. The highest BCUT2D eigenvalue weighted by molar-refractivity contribution is 5.91. The molecule has 0 radical (unpaired) electrons. The molecule has 1 fully saturated rings. The first-order valence-corrected chi connectivity index (χ1v) is 16.0. The van der Waals surface area contributed by atoms with Crippen molar-refractivity contribution in [2.24, 2.45) is 11.7 Å². The summed E-state index contributed by atoms with van der Waals surface area (Å²) in [6.45, 7) is 15.3. The fourth-order valence-corrected chi connectivity index (χ4v) is 5.02. The van der Waals surface area contributed by atoms with Crippen molar-refractivity contribution in [1.29, 1.82) is 0 Å². The molecule has 0 spiro atoms. The van der Waals surface area contributed by atoms with Crippen LogP contribution in [0.3, 0.4) is 0 Å². The first-order valence-electron chi connectivity index (χ1n) is 16.0. The van der Waals surface area contributed by atoms with E-state index < -0.39 is 11.9 Å². The van der Waals surface area contributed by atoms with Gasteiger partial charge in [0.05, 0.1) is 13.0 Å². The first-order chi connectivity index (χ1) is 21.2. The van der Waals surface area contributed by atoms with Crippen molar-refractivity contribution in [2.75, 3.05) is 19.6 Å². The Balaban J connectivity index is 0.00000103. The van der Waals surface area contributed by atoms with Crippen LogP contribution in [0.4, 0.5) is 0 Å². The summed E-state index contributed by atoms with van der Waals surface area (Å²) in [6, 6.07) is 27.3. The molecule has 5 rings (SSSR count). The van der Waals surface area contributed by atoms with E-state index >= 15 is 0 Å². The quantitative estimate of drug-likeness (QED) is 0.247. The van der Waals surface area contributed by atoms with E-state index in [1.807, 2.05) is 113 Å². The minimum atomic E-state index is -0.755. The molecule has 238 valence electrons. The Morgan fingerprint density at radius 1 is 0.750 bits per heavy atom. The van der Waals surface area contributed by atoms with Gasteiger partial charge in [0.1, 0.15) is 6.04 Å². The second kappa shape index (κ2) is 18.5. The molecule has 0 aliphatic carbocycles. The fourth-order valence-electron chi connectivity index (χ4n) is 5.02. The number of benzene rings is 4. The Labute approximate surface area is 265 Å². The van der Waals surface area contributed by atoms with Crippen LogP contribution < -0.4 is 5.73 Å². The summed E-state index contributed by atoms with van der Waals surface area (Å²) in [5.41, 5.74) is 7.63. The van der Waals surface area contributed by atoms with Gasteiger partial charge in [-0.05, 0) is 45.0 Å². The zero-order chi connectivity index (χ0) is 32.6. The molecule has 1 atom stereocenters. The summed E-state index contributed by atoms with van der Waals surface area (Å²) in [5.74, 6) is -0.0398. The molecule has 1 aliphatic heterocycles. The molecule has 0 aromatic heterocycles. The Bertz CT molecular complexity index is 1500. The Morgan fingerprint density at radius 2 is 1.23 bits per heavy atom. The van der Waals surface area contributed by atoms with Gasteiger partial charge in [0.25, 0.3) is 0 Å². The lowest BCUT2D eigenvalue weighted by Crippen LogP contribution is -2.51. The minimum absolute atomic E-state index is 0. The van der Waals surface area contributed by atoms with E-state index in [-0.39, 0.29) is 26.2 Å². The summed E-state index contributed by atoms with van der Waals surface area (Å²) in [4.78, 5) is 41.9. The second-order valence-electron chi connectivity index (χ2n) is 11.2. The molecular weight excluding hydrogens is 546 g/mol. The number of carbonyl (C=O) groups is 3. The average molecular weight is 600 g/mol. The summed E-state index contributed by atoms with van der Waals surface area (Å²) in [6.07, 6.45) is 1.17. The van der Waals surface area contributed by atoms with Gasteiger partial charge in [0.15, 0.2) is 0 Å². The number of nitrogens with two attached hydrogens (primary N) is 1. The van der Waals surface area contributed by atoms with Crippen LogP contribution in [0, 0.1) is 5.92 Å². The molecule has 1 aliphatic rings. The highest BCUT2D eigenvalue weighted by atomic mass is 16.2. The number of nitrogens with zero attached hydrogens (tertiary/aromatic N) is 2. The largest absolute Gasteiger partial charge is 0.368 e. The minimum Gasteiger partial charge on any atom is -0.368 e. The van der Waals surface area contributed by atoms with Crippen LogP contribution in [-0.2, 0) is 27.2 Å². The third-order valence-electron chi connectivity index (χ3n) is 6.94. The lowest BCUT2D eigenvalue weighted by Gasteiger charge is -2.29. The lowest BCUT2D eigenvalue weighted by atomic mass is 10.00. The zero-order valence-corrected chi connectivity index (χ0v) is 27.7. The summed E-state index contributed by atoms with van der Waals surface area (Å²) >= 11 is 0. The number of hydrogen-bond donors (Lipinski definition) is 1.